The Labute approximate surface area is 349 Å². The molecule has 3 aliphatic heterocycles. The van der Waals surface area contributed by atoms with E-state index in [1.807, 2.05) is 43.6 Å². The van der Waals surface area contributed by atoms with Crippen molar-refractivity contribution in [3.8, 4) is 22.6 Å². The second-order valence-electron chi connectivity index (χ2n) is 16.9. The third-order valence-corrected chi connectivity index (χ3v) is 13.0. The fraction of sp³-hybridized carbons (Fsp3) is 0.467. The number of aryl methyl sites for hydroxylation is 1. The molecule has 5 atom stereocenters. The van der Waals surface area contributed by atoms with Crippen LogP contribution in [0.4, 0.5) is 0 Å². The highest BCUT2D eigenvalue weighted by Gasteiger charge is 2.41. The van der Waals surface area contributed by atoms with Crippen LogP contribution in [0, 0.1) is 11.3 Å². The number of amides is 2. The maximum Gasteiger partial charge on any atom is 0.324 e. The number of hydrogen-bond donors (Lipinski definition) is 2. The SMILES string of the molecule is CC[n+]1c(-c2cccnc2[C@H](C)OC)n2c3cc(ccc31)-c1csc(n1)C[C@H](NC(=O)[C@@H]1CCN(C)[C@H]1c1ccccc1)C(=O)N1CCC[C@H](N1)C(=O)OCC(C)(C)C2. The minimum Gasteiger partial charge on any atom is -0.464 e. The summed E-state index contributed by atoms with van der Waals surface area (Å²) in [5, 5.41) is 7.43. The molecule has 0 unspecified atom stereocenters. The van der Waals surface area contributed by atoms with Gasteiger partial charge in [0.25, 0.3) is 11.7 Å². The highest BCUT2D eigenvalue weighted by Crippen LogP contribution is 2.37. The van der Waals surface area contributed by atoms with Gasteiger partial charge in [0.15, 0.2) is 11.0 Å². The molecule has 0 aliphatic carbocycles. The highest BCUT2D eigenvalue weighted by atomic mass is 32.1. The molecule has 59 heavy (non-hydrogen) atoms. The Morgan fingerprint density at radius 2 is 1.93 bits per heavy atom. The van der Waals surface area contributed by atoms with Gasteiger partial charge >= 0.3 is 5.97 Å². The average molecular weight is 820 g/mol. The summed E-state index contributed by atoms with van der Waals surface area (Å²) in [5.74, 6) is -0.226. The van der Waals surface area contributed by atoms with Crippen molar-refractivity contribution in [3.63, 3.8) is 0 Å². The number of likely N-dealkylation sites (tertiary alicyclic amines) is 1. The Morgan fingerprint density at radius 3 is 2.71 bits per heavy atom. The molecule has 3 aromatic heterocycles. The van der Waals surface area contributed by atoms with Crippen LogP contribution in [0.25, 0.3) is 33.7 Å². The highest BCUT2D eigenvalue weighted by molar-refractivity contribution is 7.10. The zero-order valence-electron chi connectivity index (χ0n) is 34.8. The van der Waals surface area contributed by atoms with E-state index in [9.17, 15) is 14.4 Å². The molecule has 0 spiro atoms. The molecule has 3 aliphatic rings. The number of carbonyl (C=O) groups is 3. The second kappa shape index (κ2) is 16.9. The number of imidazole rings is 1. The number of ether oxygens (including phenoxy) is 2. The number of methoxy groups -OCH3 is 1. The van der Waals surface area contributed by atoms with E-state index in [0.717, 1.165) is 56.5 Å². The topological polar surface area (TPSA) is 135 Å². The molecule has 6 bridgehead atoms. The van der Waals surface area contributed by atoms with Crippen LogP contribution in [0.1, 0.15) is 75.4 Å². The van der Waals surface area contributed by atoms with Gasteiger partial charge in [-0.15, -0.1) is 11.3 Å². The van der Waals surface area contributed by atoms with Crippen molar-refractivity contribution in [1.82, 2.24) is 35.2 Å². The Balaban J connectivity index is 1.20. The summed E-state index contributed by atoms with van der Waals surface area (Å²) in [5.41, 5.74) is 9.35. The lowest BCUT2D eigenvalue weighted by Crippen LogP contribution is -2.61. The summed E-state index contributed by atoms with van der Waals surface area (Å²) in [7, 11) is 3.73. The van der Waals surface area contributed by atoms with Gasteiger partial charge in [0.05, 0.1) is 47.1 Å². The van der Waals surface area contributed by atoms with E-state index >= 15 is 0 Å². The first-order valence-corrected chi connectivity index (χ1v) is 21.6. The zero-order chi connectivity index (χ0) is 41.4. The maximum atomic E-state index is 14.5. The van der Waals surface area contributed by atoms with Crippen molar-refractivity contribution in [2.75, 3.05) is 33.9 Å². The van der Waals surface area contributed by atoms with Gasteiger partial charge in [0.2, 0.25) is 5.91 Å². The number of nitrogens with zero attached hydrogens (tertiary/aromatic N) is 6. The standard InChI is InChI=1S/C45H54N8O5S/c1-7-51-36-18-17-30-23-37(36)52(42(51)31-15-11-20-46-39(31)28(2)57-6)26-45(3,4)27-58-44(56)33-16-12-21-53(49-33)43(55)34(24-38-47-35(30)25-59-38)48-41(54)32-19-22-50(5)40(32)29-13-9-8-10-14-29/h8-11,13-15,17-18,20,23,25,28,32-34,40,49H,7,12,16,19,21-22,24,26-27H2,1-6H3/p+1/t28-,32+,33-,34-,40-/m0/s1. The molecule has 13 nitrogen and oxygen atoms in total. The van der Waals surface area contributed by atoms with Crippen LogP contribution in [-0.2, 0) is 43.4 Å². The molecule has 2 N–H and O–H groups in total. The predicted octanol–water partition coefficient (Wildman–Crippen LogP) is 5.64. The quantitative estimate of drug-likeness (QED) is 0.158. The van der Waals surface area contributed by atoms with Crippen LogP contribution in [-0.4, -0.2) is 88.2 Å². The Hall–Kier alpha value is -5.02. The largest absolute Gasteiger partial charge is 0.464 e. The first-order chi connectivity index (χ1) is 28.5. The smallest absolute Gasteiger partial charge is 0.324 e. The molecular weight excluding hydrogens is 765 g/mol. The molecule has 5 aromatic rings. The number of rotatable bonds is 7. The minimum absolute atomic E-state index is 0.109. The first-order valence-electron chi connectivity index (χ1n) is 20.7. The molecule has 2 saturated heterocycles. The van der Waals surface area contributed by atoms with Crippen LogP contribution < -0.4 is 15.3 Å². The summed E-state index contributed by atoms with van der Waals surface area (Å²) in [4.78, 5) is 54.7. The van der Waals surface area contributed by atoms with Crippen molar-refractivity contribution < 1.29 is 28.4 Å². The Morgan fingerprint density at radius 1 is 1.12 bits per heavy atom. The van der Waals surface area contributed by atoms with E-state index < -0.39 is 23.5 Å². The molecular formula is C45H55N8O5S+. The van der Waals surface area contributed by atoms with Crippen molar-refractivity contribution in [2.45, 2.75) is 90.7 Å². The van der Waals surface area contributed by atoms with Gasteiger partial charge in [0, 0.05) is 48.7 Å². The van der Waals surface area contributed by atoms with Crippen LogP contribution in [0.3, 0.4) is 0 Å². The number of nitrogens with one attached hydrogen (secondary N) is 2. The average Bonchev–Trinajstić information content (AvgIpc) is 3.97. The molecule has 2 aromatic carbocycles. The van der Waals surface area contributed by atoms with Gasteiger partial charge in [-0.2, -0.15) is 0 Å². The van der Waals surface area contributed by atoms with E-state index in [1.54, 1.807) is 13.3 Å². The number of carbonyl (C=O) groups excluding carboxylic acids is 3. The number of benzene rings is 2. The van der Waals surface area contributed by atoms with Gasteiger partial charge in [-0.3, -0.25) is 29.3 Å². The van der Waals surface area contributed by atoms with Crippen LogP contribution >= 0.6 is 11.3 Å². The lowest BCUT2D eigenvalue weighted by molar-refractivity contribution is -0.657. The fourth-order valence-electron chi connectivity index (χ4n) is 9.01. The summed E-state index contributed by atoms with van der Waals surface area (Å²) in [6, 6.07) is 18.8. The van der Waals surface area contributed by atoms with Crippen molar-refractivity contribution in [2.24, 2.45) is 11.3 Å². The van der Waals surface area contributed by atoms with Gasteiger partial charge in [-0.25, -0.2) is 19.5 Å². The van der Waals surface area contributed by atoms with E-state index in [4.69, 9.17) is 19.4 Å². The third kappa shape index (κ3) is 8.15. The van der Waals surface area contributed by atoms with Crippen molar-refractivity contribution in [1.29, 1.82) is 0 Å². The Kier molecular flexibility index (Phi) is 11.7. The number of cyclic esters (lactones) is 1. The summed E-state index contributed by atoms with van der Waals surface area (Å²) in [6.45, 7) is 10.9. The molecule has 0 radical (unpaired) electrons. The summed E-state index contributed by atoms with van der Waals surface area (Å²) < 4.78 is 16.5. The normalized spacial score (nSPS) is 23.2. The first kappa shape index (κ1) is 40.7. The molecule has 6 heterocycles. The molecule has 14 heteroatoms. The number of thiazole rings is 1. The van der Waals surface area contributed by atoms with E-state index in [-0.39, 0.29) is 42.9 Å². The predicted molar refractivity (Wildman–Crippen MR) is 226 cm³/mol. The molecule has 2 amide bonds. The van der Waals surface area contributed by atoms with Gasteiger partial charge < -0.3 is 14.8 Å². The number of esters is 1. The molecule has 310 valence electrons. The minimum atomic E-state index is -0.905. The van der Waals surface area contributed by atoms with Gasteiger partial charge in [-0.1, -0.05) is 44.2 Å². The van der Waals surface area contributed by atoms with Gasteiger partial charge in [0.1, 0.15) is 18.7 Å². The van der Waals surface area contributed by atoms with Crippen molar-refractivity contribution in [3.05, 3.63) is 88.5 Å². The number of aromatic nitrogens is 4. The zero-order valence-corrected chi connectivity index (χ0v) is 35.6. The van der Waals surface area contributed by atoms with E-state index in [0.29, 0.717) is 38.9 Å². The maximum absolute atomic E-state index is 14.5. The number of fused-ring (bicyclic) bond motifs is 6. The molecule has 2 fully saturated rings. The summed E-state index contributed by atoms with van der Waals surface area (Å²) in [6.07, 6.45) is 3.57. The number of hydrogen-bond acceptors (Lipinski definition) is 10. The van der Waals surface area contributed by atoms with Crippen LogP contribution in [0.15, 0.2) is 72.2 Å². The monoisotopic (exact) mass is 819 g/mol. The summed E-state index contributed by atoms with van der Waals surface area (Å²) >= 11 is 1.48. The third-order valence-electron chi connectivity index (χ3n) is 12.1. The fourth-order valence-corrected chi connectivity index (χ4v) is 9.86. The molecule has 8 rings (SSSR count). The Bertz CT molecular complexity index is 2340. The lowest BCUT2D eigenvalue weighted by Gasteiger charge is -2.35. The van der Waals surface area contributed by atoms with Crippen molar-refractivity contribution >= 4 is 40.2 Å². The second-order valence-corrected chi connectivity index (χ2v) is 17.8. The number of pyridine rings is 1. The van der Waals surface area contributed by atoms with Crippen LogP contribution in [0.5, 0.6) is 0 Å². The van der Waals surface area contributed by atoms with E-state index in [2.05, 4.69) is 81.9 Å². The number of hydrazine groups is 1. The van der Waals surface area contributed by atoms with E-state index in [1.165, 1.54) is 16.3 Å². The van der Waals surface area contributed by atoms with Crippen LogP contribution in [0.2, 0.25) is 0 Å². The van der Waals surface area contributed by atoms with Gasteiger partial charge in [-0.05, 0) is 82.6 Å². The molecule has 0 saturated carbocycles. The lowest BCUT2D eigenvalue weighted by atomic mass is 9.92.